The Morgan fingerprint density at radius 1 is 0.709 bits per heavy atom. The van der Waals surface area contributed by atoms with Gasteiger partial charge in [-0.25, -0.2) is 4.39 Å². The Kier molecular flexibility index (Phi) is 8.31. The van der Waals surface area contributed by atoms with Gasteiger partial charge in [0.2, 0.25) is 11.8 Å². The van der Waals surface area contributed by atoms with Gasteiger partial charge >= 0.3 is 0 Å². The van der Waals surface area contributed by atoms with Gasteiger partial charge < -0.3 is 10.4 Å². The van der Waals surface area contributed by atoms with E-state index in [1.165, 1.54) is 41.3 Å². The highest BCUT2D eigenvalue weighted by molar-refractivity contribution is 6.30. The summed E-state index contributed by atoms with van der Waals surface area (Å²) in [6, 6.07) is 35.5. The number of hydrogen-bond acceptors (Lipinski definition) is 7. The molecule has 4 amide bonds. The summed E-state index contributed by atoms with van der Waals surface area (Å²) in [6.45, 7) is 0. The second kappa shape index (κ2) is 13.2. The molecule has 55 heavy (non-hydrogen) atoms. The normalized spacial score (nSPS) is 25.6. The summed E-state index contributed by atoms with van der Waals surface area (Å²) in [5, 5.41) is 15.1. The van der Waals surface area contributed by atoms with E-state index in [2.05, 4.69) is 10.7 Å². The van der Waals surface area contributed by atoms with Gasteiger partial charge in [-0.15, -0.1) is 0 Å². The van der Waals surface area contributed by atoms with Gasteiger partial charge in [-0.05, 0) is 115 Å². The van der Waals surface area contributed by atoms with Gasteiger partial charge in [-0.1, -0.05) is 65.7 Å². The van der Waals surface area contributed by atoms with Gasteiger partial charge in [0.1, 0.15) is 11.6 Å². The summed E-state index contributed by atoms with van der Waals surface area (Å²) in [7, 11) is 0. The fourth-order valence-corrected chi connectivity index (χ4v) is 9.46. The van der Waals surface area contributed by atoms with Crippen LogP contribution in [0.15, 0.2) is 139 Å². The van der Waals surface area contributed by atoms with E-state index in [1.807, 2.05) is 48.5 Å². The van der Waals surface area contributed by atoms with Crippen LogP contribution < -0.4 is 15.6 Å². The topological polar surface area (TPSA) is 119 Å². The second-order valence-corrected chi connectivity index (χ2v) is 15.0. The molecule has 6 unspecified atom stereocenters. The molecule has 1 saturated carbocycles. The minimum atomic E-state index is -1.51. The zero-order valence-electron chi connectivity index (χ0n) is 29.2. The Morgan fingerprint density at radius 2 is 1.36 bits per heavy atom. The van der Waals surface area contributed by atoms with Crippen molar-refractivity contribution in [2.45, 2.75) is 24.2 Å². The molecule has 6 atom stereocenters. The number of nitrogens with zero attached hydrogens (tertiary/aromatic N) is 2. The highest BCUT2D eigenvalue weighted by Gasteiger charge is 2.70. The molecule has 2 aliphatic carbocycles. The SMILES string of the molecule is O=C1C2CC3C(=CCC4C(=O)N(c5ccc(Nc6ccccc6)cc5)C(=O)C43)C(c3ccc(O)cc3)C2(c2ccc(Cl)cc2)C(=O)N1Nc1ccc(F)cc1. The Hall–Kier alpha value is -6.26. The molecule has 5 aromatic carbocycles. The average molecular weight is 753 g/mol. The quantitative estimate of drug-likeness (QED) is 0.114. The van der Waals surface area contributed by atoms with Crippen LogP contribution in [0.5, 0.6) is 5.75 Å². The number of rotatable bonds is 7. The Bertz CT molecular complexity index is 2370. The molecule has 4 aliphatic rings. The molecule has 0 bridgehead atoms. The van der Waals surface area contributed by atoms with Crippen LogP contribution in [0, 0.1) is 29.5 Å². The number of fused-ring (bicyclic) bond motifs is 4. The van der Waals surface area contributed by atoms with Crippen molar-refractivity contribution in [3.05, 3.63) is 161 Å². The smallest absolute Gasteiger partial charge is 0.260 e. The summed E-state index contributed by atoms with van der Waals surface area (Å²) in [5.41, 5.74) is 5.93. The van der Waals surface area contributed by atoms with Gasteiger partial charge in [0.15, 0.2) is 0 Å². The van der Waals surface area contributed by atoms with E-state index in [-0.39, 0.29) is 30.4 Å². The summed E-state index contributed by atoms with van der Waals surface area (Å²) >= 11 is 6.36. The Morgan fingerprint density at radius 3 is 2.05 bits per heavy atom. The number of amides is 4. The maximum absolute atomic E-state index is 15.2. The molecule has 0 spiro atoms. The van der Waals surface area contributed by atoms with Gasteiger partial charge in [0.25, 0.3) is 11.8 Å². The molecule has 9 rings (SSSR count). The minimum absolute atomic E-state index is 0.0246. The van der Waals surface area contributed by atoms with Gasteiger partial charge in [0, 0.05) is 22.3 Å². The zero-order chi connectivity index (χ0) is 38.0. The first-order valence-corrected chi connectivity index (χ1v) is 18.5. The number of carbonyl (C=O) groups is 4. The molecule has 0 aromatic heterocycles. The number of nitrogens with one attached hydrogen (secondary N) is 2. The van der Waals surface area contributed by atoms with Crippen molar-refractivity contribution < 1.29 is 28.7 Å². The first kappa shape index (κ1) is 34.5. The lowest BCUT2D eigenvalue weighted by molar-refractivity contribution is -0.138. The number of carbonyl (C=O) groups excluding carboxylic acids is 4. The summed E-state index contributed by atoms with van der Waals surface area (Å²) in [5.74, 6) is -5.88. The van der Waals surface area contributed by atoms with Crippen molar-refractivity contribution in [2.75, 3.05) is 15.6 Å². The van der Waals surface area contributed by atoms with Crippen molar-refractivity contribution in [2.24, 2.45) is 23.7 Å². The molecule has 0 radical (unpaired) electrons. The molecule has 2 saturated heterocycles. The number of phenols is 1. The number of para-hydroxylation sites is 1. The van der Waals surface area contributed by atoms with E-state index in [0.717, 1.165) is 22.0 Å². The average Bonchev–Trinajstić information content (AvgIpc) is 3.57. The van der Waals surface area contributed by atoms with Crippen LogP contribution >= 0.6 is 11.6 Å². The number of allylic oxidation sites excluding steroid dienone is 2. The zero-order valence-corrected chi connectivity index (χ0v) is 30.0. The lowest BCUT2D eigenvalue weighted by Crippen LogP contribution is -2.53. The molecular weight excluding hydrogens is 719 g/mol. The molecule has 5 aromatic rings. The molecule has 274 valence electrons. The van der Waals surface area contributed by atoms with Crippen molar-refractivity contribution >= 4 is 58.0 Å². The van der Waals surface area contributed by atoms with Gasteiger partial charge in [-0.2, -0.15) is 5.01 Å². The number of halogens is 2. The predicted molar refractivity (Wildman–Crippen MR) is 206 cm³/mol. The summed E-state index contributed by atoms with van der Waals surface area (Å²) in [6.07, 6.45) is 2.36. The number of hydrogen-bond donors (Lipinski definition) is 3. The lowest BCUT2D eigenvalue weighted by atomic mass is 9.49. The monoisotopic (exact) mass is 752 g/mol. The molecule has 9 nitrogen and oxygen atoms in total. The number of aromatic hydroxyl groups is 1. The standard InChI is InChI=1S/C44H34ClFN4O5/c45-27-10-8-26(9-11-27)44-37(41(53)50(43(44)55)48-31-14-12-28(46)13-15-31)24-36-34(39(44)25-6-20-33(51)21-7-25)22-23-35-38(36)42(54)49(40(35)52)32-18-16-30(17-19-32)47-29-4-2-1-3-5-29/h1-22,35-39,47-48,51H,23-24H2. The maximum atomic E-state index is 15.2. The van der Waals surface area contributed by atoms with E-state index in [9.17, 15) is 23.9 Å². The second-order valence-electron chi connectivity index (χ2n) is 14.5. The highest BCUT2D eigenvalue weighted by atomic mass is 35.5. The number of anilines is 4. The molecular formula is C44H34ClFN4O5. The summed E-state index contributed by atoms with van der Waals surface area (Å²) < 4.78 is 13.9. The predicted octanol–water partition coefficient (Wildman–Crippen LogP) is 8.12. The highest BCUT2D eigenvalue weighted by Crippen LogP contribution is 2.64. The van der Waals surface area contributed by atoms with E-state index in [1.54, 1.807) is 48.5 Å². The van der Waals surface area contributed by atoms with Crippen LogP contribution in [-0.4, -0.2) is 33.7 Å². The molecule has 2 aliphatic heterocycles. The van der Waals surface area contributed by atoms with E-state index >= 15 is 4.79 Å². The third-order valence-electron chi connectivity index (χ3n) is 11.7. The first-order chi connectivity index (χ1) is 26.6. The number of imide groups is 2. The van der Waals surface area contributed by atoms with E-state index in [0.29, 0.717) is 27.5 Å². The fourth-order valence-electron chi connectivity index (χ4n) is 9.33. The minimum Gasteiger partial charge on any atom is -0.508 e. The third kappa shape index (κ3) is 5.50. The fraction of sp³-hybridized carbons (Fsp3) is 0.182. The van der Waals surface area contributed by atoms with Crippen LogP contribution in [0.3, 0.4) is 0 Å². The number of hydrazine groups is 1. The van der Waals surface area contributed by atoms with Crippen LogP contribution in [-0.2, 0) is 24.6 Å². The van der Waals surface area contributed by atoms with Gasteiger partial charge in [-0.3, -0.25) is 29.5 Å². The van der Waals surface area contributed by atoms with Crippen LogP contribution in [0.2, 0.25) is 5.02 Å². The third-order valence-corrected chi connectivity index (χ3v) is 11.9. The van der Waals surface area contributed by atoms with Crippen LogP contribution in [0.1, 0.15) is 29.9 Å². The van der Waals surface area contributed by atoms with E-state index < -0.39 is 52.6 Å². The van der Waals surface area contributed by atoms with E-state index in [4.69, 9.17) is 11.6 Å². The molecule has 3 fully saturated rings. The Balaban J connectivity index is 1.14. The molecule has 2 heterocycles. The van der Waals surface area contributed by atoms with Crippen molar-refractivity contribution in [3.8, 4) is 5.75 Å². The largest absolute Gasteiger partial charge is 0.508 e. The Labute approximate surface area is 321 Å². The first-order valence-electron chi connectivity index (χ1n) is 18.1. The van der Waals surface area contributed by atoms with Crippen molar-refractivity contribution in [3.63, 3.8) is 0 Å². The molecule has 3 N–H and O–H groups in total. The van der Waals surface area contributed by atoms with Crippen molar-refractivity contribution in [1.29, 1.82) is 0 Å². The van der Waals surface area contributed by atoms with Crippen molar-refractivity contribution in [1.82, 2.24) is 5.01 Å². The lowest BCUT2D eigenvalue weighted by Gasteiger charge is -2.50. The van der Waals surface area contributed by atoms with Crippen LogP contribution in [0.25, 0.3) is 0 Å². The number of phenolic OH excluding ortho intramolecular Hbond substituents is 1. The van der Waals surface area contributed by atoms with Gasteiger partial charge in [0.05, 0.1) is 34.5 Å². The molecule has 11 heteroatoms. The summed E-state index contributed by atoms with van der Waals surface area (Å²) in [4.78, 5) is 60.1. The van der Waals surface area contributed by atoms with Crippen LogP contribution in [0.4, 0.5) is 27.1 Å². The number of benzene rings is 5. The maximum Gasteiger partial charge on any atom is 0.260 e.